The molecule has 1 N–H and O–H groups in total. The molecule has 0 bridgehead atoms. The molecule has 20 heavy (non-hydrogen) atoms. The van der Waals surface area contributed by atoms with Crippen molar-refractivity contribution in [2.45, 2.75) is 26.2 Å². The number of benzene rings is 2. The highest BCUT2D eigenvalue weighted by atomic mass is 19.1. The number of rotatable bonds is 4. The van der Waals surface area contributed by atoms with Gasteiger partial charge in [-0.15, -0.1) is 0 Å². The van der Waals surface area contributed by atoms with Crippen LogP contribution in [0.15, 0.2) is 48.5 Å². The molecule has 2 aromatic rings. The maximum atomic E-state index is 13.1. The molecule has 0 spiro atoms. The van der Waals surface area contributed by atoms with Crippen LogP contribution < -0.4 is 5.32 Å². The van der Waals surface area contributed by atoms with Crippen molar-refractivity contribution in [3.8, 4) is 0 Å². The molecule has 2 rings (SSSR count). The van der Waals surface area contributed by atoms with Gasteiger partial charge in [-0.2, -0.15) is 0 Å². The fourth-order valence-corrected chi connectivity index (χ4v) is 1.96. The quantitative estimate of drug-likeness (QED) is 0.865. The average molecular weight is 271 g/mol. The molecule has 0 fully saturated rings. The van der Waals surface area contributed by atoms with Crippen LogP contribution in [-0.2, 0) is 0 Å². The Morgan fingerprint density at radius 3 is 2.50 bits per heavy atom. The first-order chi connectivity index (χ1) is 9.60. The Hall–Kier alpha value is -2.16. The molecule has 0 aliphatic rings. The van der Waals surface area contributed by atoms with Crippen molar-refractivity contribution >= 4 is 11.6 Å². The number of hydrogen-bond donors (Lipinski definition) is 1. The minimum absolute atomic E-state index is 0.305. The average Bonchev–Trinajstić information content (AvgIpc) is 2.47. The van der Waals surface area contributed by atoms with E-state index >= 15 is 0 Å². The van der Waals surface area contributed by atoms with Crippen LogP contribution in [0.5, 0.6) is 0 Å². The standard InChI is InChI=1S/C17H18FNO/c1-3-12(2)13-7-9-16(10-8-13)19-17(20)14-5-4-6-15(18)11-14/h4-12H,3H2,1-2H3,(H,19,20). The van der Waals surface area contributed by atoms with E-state index < -0.39 is 5.82 Å². The van der Waals surface area contributed by atoms with Crippen LogP contribution in [0.25, 0.3) is 0 Å². The third-order valence-corrected chi connectivity index (χ3v) is 3.44. The zero-order valence-electron chi connectivity index (χ0n) is 11.7. The molecule has 1 amide bonds. The molecule has 0 radical (unpaired) electrons. The summed E-state index contributed by atoms with van der Waals surface area (Å²) in [7, 11) is 0. The summed E-state index contributed by atoms with van der Waals surface area (Å²) in [4.78, 5) is 12.0. The summed E-state index contributed by atoms with van der Waals surface area (Å²) in [6, 6.07) is 13.4. The van der Waals surface area contributed by atoms with Gasteiger partial charge in [0, 0.05) is 11.3 Å². The lowest BCUT2D eigenvalue weighted by atomic mass is 9.98. The molecular weight excluding hydrogens is 253 g/mol. The predicted molar refractivity (Wildman–Crippen MR) is 79.5 cm³/mol. The molecule has 0 heterocycles. The fourth-order valence-electron chi connectivity index (χ4n) is 1.96. The predicted octanol–water partition coefficient (Wildman–Crippen LogP) is 4.59. The lowest BCUT2D eigenvalue weighted by Gasteiger charge is -2.10. The summed E-state index contributed by atoms with van der Waals surface area (Å²) >= 11 is 0. The Kier molecular flexibility index (Phi) is 4.51. The van der Waals surface area contributed by atoms with Crippen LogP contribution in [0, 0.1) is 5.82 Å². The van der Waals surface area contributed by atoms with Crippen LogP contribution in [0.4, 0.5) is 10.1 Å². The first kappa shape index (κ1) is 14.3. The van der Waals surface area contributed by atoms with E-state index in [0.717, 1.165) is 6.42 Å². The number of carbonyl (C=O) groups excluding carboxylic acids is 1. The highest BCUT2D eigenvalue weighted by Crippen LogP contribution is 2.20. The van der Waals surface area contributed by atoms with Crippen molar-refractivity contribution in [1.82, 2.24) is 0 Å². The smallest absolute Gasteiger partial charge is 0.255 e. The molecule has 0 saturated heterocycles. The molecule has 1 unspecified atom stereocenters. The van der Waals surface area contributed by atoms with Crippen molar-refractivity contribution in [1.29, 1.82) is 0 Å². The molecule has 0 aliphatic heterocycles. The first-order valence-corrected chi connectivity index (χ1v) is 6.77. The Morgan fingerprint density at radius 1 is 1.20 bits per heavy atom. The van der Waals surface area contributed by atoms with Crippen LogP contribution in [0.2, 0.25) is 0 Å². The van der Waals surface area contributed by atoms with Gasteiger partial charge in [-0.1, -0.05) is 32.0 Å². The van der Waals surface area contributed by atoms with Crippen molar-refractivity contribution in [3.05, 3.63) is 65.5 Å². The maximum absolute atomic E-state index is 13.1. The summed E-state index contributed by atoms with van der Waals surface area (Å²) in [5, 5.41) is 2.76. The van der Waals surface area contributed by atoms with Gasteiger partial charge in [0.05, 0.1) is 0 Å². The highest BCUT2D eigenvalue weighted by Gasteiger charge is 2.07. The van der Waals surface area contributed by atoms with E-state index in [1.165, 1.54) is 23.8 Å². The second-order valence-electron chi connectivity index (χ2n) is 4.90. The zero-order valence-corrected chi connectivity index (χ0v) is 11.7. The largest absolute Gasteiger partial charge is 0.322 e. The van der Waals surface area contributed by atoms with Crippen LogP contribution in [0.3, 0.4) is 0 Å². The van der Waals surface area contributed by atoms with Crippen LogP contribution >= 0.6 is 0 Å². The normalized spacial score (nSPS) is 11.9. The second-order valence-corrected chi connectivity index (χ2v) is 4.90. The summed E-state index contributed by atoms with van der Waals surface area (Å²) < 4.78 is 13.1. The van der Waals surface area contributed by atoms with Crippen LogP contribution in [-0.4, -0.2) is 5.91 Å². The first-order valence-electron chi connectivity index (χ1n) is 6.77. The van der Waals surface area contributed by atoms with E-state index in [1.807, 2.05) is 24.3 Å². The summed E-state index contributed by atoms with van der Waals surface area (Å²) in [5.41, 5.74) is 2.28. The van der Waals surface area contributed by atoms with Gasteiger partial charge in [-0.25, -0.2) is 4.39 Å². The number of hydrogen-bond acceptors (Lipinski definition) is 1. The van der Waals surface area contributed by atoms with Gasteiger partial charge >= 0.3 is 0 Å². The lowest BCUT2D eigenvalue weighted by molar-refractivity contribution is 0.102. The van der Waals surface area contributed by atoms with Crippen molar-refractivity contribution in [2.24, 2.45) is 0 Å². The van der Waals surface area contributed by atoms with E-state index in [4.69, 9.17) is 0 Å². The highest BCUT2D eigenvalue weighted by molar-refractivity contribution is 6.04. The SMILES string of the molecule is CCC(C)c1ccc(NC(=O)c2cccc(F)c2)cc1. The topological polar surface area (TPSA) is 29.1 Å². The van der Waals surface area contributed by atoms with E-state index in [1.54, 1.807) is 6.07 Å². The monoisotopic (exact) mass is 271 g/mol. The van der Waals surface area contributed by atoms with Gasteiger partial charge < -0.3 is 5.32 Å². The third-order valence-electron chi connectivity index (χ3n) is 3.44. The molecule has 0 aromatic heterocycles. The number of anilines is 1. The van der Waals surface area contributed by atoms with Gasteiger partial charge in [0.15, 0.2) is 0 Å². The molecule has 2 nitrogen and oxygen atoms in total. The maximum Gasteiger partial charge on any atom is 0.255 e. The van der Waals surface area contributed by atoms with Crippen molar-refractivity contribution in [2.75, 3.05) is 5.32 Å². The van der Waals surface area contributed by atoms with Gasteiger partial charge in [0.2, 0.25) is 0 Å². The lowest BCUT2D eigenvalue weighted by Crippen LogP contribution is -2.12. The Balaban J connectivity index is 2.08. The van der Waals surface area contributed by atoms with Gasteiger partial charge in [0.25, 0.3) is 5.91 Å². The van der Waals surface area contributed by atoms with Gasteiger partial charge in [-0.3, -0.25) is 4.79 Å². The third kappa shape index (κ3) is 3.44. The summed E-state index contributed by atoms with van der Waals surface area (Å²) in [6.07, 6.45) is 1.08. The van der Waals surface area contributed by atoms with E-state index in [0.29, 0.717) is 17.2 Å². The minimum Gasteiger partial charge on any atom is -0.322 e. The van der Waals surface area contributed by atoms with Gasteiger partial charge in [0.1, 0.15) is 5.82 Å². The Labute approximate surface area is 118 Å². The molecule has 0 aliphatic carbocycles. The van der Waals surface area contributed by atoms with Crippen molar-refractivity contribution < 1.29 is 9.18 Å². The molecular formula is C17H18FNO. The van der Waals surface area contributed by atoms with Crippen LogP contribution in [0.1, 0.15) is 42.1 Å². The van der Waals surface area contributed by atoms with E-state index in [2.05, 4.69) is 19.2 Å². The number of nitrogens with one attached hydrogen (secondary N) is 1. The van der Waals surface area contributed by atoms with E-state index in [-0.39, 0.29) is 5.91 Å². The summed E-state index contributed by atoms with van der Waals surface area (Å²) in [5.74, 6) is -0.214. The Morgan fingerprint density at radius 2 is 1.90 bits per heavy atom. The molecule has 104 valence electrons. The van der Waals surface area contributed by atoms with Crippen molar-refractivity contribution in [3.63, 3.8) is 0 Å². The minimum atomic E-state index is -0.412. The number of halogens is 1. The fraction of sp³-hybridized carbons (Fsp3) is 0.235. The molecule has 2 aromatic carbocycles. The molecule has 1 atom stereocenters. The molecule has 0 saturated carbocycles. The zero-order chi connectivity index (χ0) is 14.5. The van der Waals surface area contributed by atoms with Gasteiger partial charge in [-0.05, 0) is 48.2 Å². The Bertz CT molecular complexity index is 592. The number of carbonyl (C=O) groups is 1. The van der Waals surface area contributed by atoms with E-state index in [9.17, 15) is 9.18 Å². The summed E-state index contributed by atoms with van der Waals surface area (Å²) in [6.45, 7) is 4.31. The second kappa shape index (κ2) is 6.33. The number of amides is 1. The molecule has 3 heteroatoms.